The third-order valence-corrected chi connectivity index (χ3v) is 6.98. The maximum absolute atomic E-state index is 13.6. The first-order valence-electron chi connectivity index (χ1n) is 9.38. The van der Waals surface area contributed by atoms with Crippen molar-refractivity contribution in [3.63, 3.8) is 0 Å². The molecule has 1 fully saturated rings. The second-order valence-electron chi connectivity index (χ2n) is 7.46. The number of aromatic nitrogens is 1. The second-order valence-corrected chi connectivity index (χ2v) is 9.37. The number of amides is 1. The van der Waals surface area contributed by atoms with Crippen LogP contribution in [0.25, 0.3) is 0 Å². The standard InChI is InChI=1S/C20H20F3N5O3S/c1-12-6-5-7-14(8-12)27(4)19(29)17-11-26(3)32(30,31)28(17)18-15(10-24)16(20(21,22)23)9-13(2)25-18/h5-9,17H,11H2,1-4H3/t17-/m0/s1. The number of nitrogens with zero attached hydrogens (tertiary/aromatic N) is 5. The average molecular weight is 467 g/mol. The van der Waals surface area contributed by atoms with Gasteiger partial charge in [0.25, 0.3) is 5.91 Å². The van der Waals surface area contributed by atoms with Crippen LogP contribution in [0.15, 0.2) is 30.3 Å². The number of nitriles is 1. The van der Waals surface area contributed by atoms with Crippen molar-refractivity contribution in [1.82, 2.24) is 9.29 Å². The molecular weight excluding hydrogens is 447 g/mol. The Morgan fingerprint density at radius 3 is 2.50 bits per heavy atom. The summed E-state index contributed by atoms with van der Waals surface area (Å²) in [6.45, 7) is 2.75. The number of anilines is 2. The van der Waals surface area contributed by atoms with E-state index in [2.05, 4.69) is 4.98 Å². The van der Waals surface area contributed by atoms with E-state index in [9.17, 15) is 31.6 Å². The number of hydrogen-bond acceptors (Lipinski definition) is 5. The Balaban J connectivity index is 2.18. The maximum Gasteiger partial charge on any atom is 0.417 e. The summed E-state index contributed by atoms with van der Waals surface area (Å²) in [6, 6.07) is 7.57. The molecule has 12 heteroatoms. The lowest BCUT2D eigenvalue weighted by Crippen LogP contribution is -2.47. The molecule has 1 aliphatic rings. The number of aryl methyl sites for hydroxylation is 2. The van der Waals surface area contributed by atoms with E-state index in [4.69, 9.17) is 0 Å². The van der Waals surface area contributed by atoms with Crippen LogP contribution in [0, 0.1) is 25.2 Å². The number of carbonyl (C=O) groups excluding carboxylic acids is 1. The van der Waals surface area contributed by atoms with Gasteiger partial charge < -0.3 is 4.90 Å². The van der Waals surface area contributed by atoms with E-state index in [1.54, 1.807) is 18.2 Å². The molecule has 0 saturated carbocycles. The number of likely N-dealkylation sites (N-methyl/N-ethyl adjacent to an activating group) is 2. The smallest absolute Gasteiger partial charge is 0.314 e. The lowest BCUT2D eigenvalue weighted by molar-refractivity contribution is -0.137. The van der Waals surface area contributed by atoms with Crippen LogP contribution >= 0.6 is 0 Å². The van der Waals surface area contributed by atoms with E-state index < -0.39 is 45.3 Å². The quantitative estimate of drug-likeness (QED) is 0.691. The molecule has 1 aromatic carbocycles. The summed E-state index contributed by atoms with van der Waals surface area (Å²) >= 11 is 0. The molecule has 1 saturated heterocycles. The van der Waals surface area contributed by atoms with Gasteiger partial charge in [-0.1, -0.05) is 12.1 Å². The van der Waals surface area contributed by atoms with Gasteiger partial charge in [0.1, 0.15) is 17.7 Å². The van der Waals surface area contributed by atoms with Gasteiger partial charge >= 0.3 is 16.4 Å². The summed E-state index contributed by atoms with van der Waals surface area (Å²) in [5, 5.41) is 9.47. The Kier molecular flexibility index (Phi) is 5.92. The zero-order valence-corrected chi connectivity index (χ0v) is 18.5. The number of carbonyl (C=O) groups is 1. The summed E-state index contributed by atoms with van der Waals surface area (Å²) < 4.78 is 68.1. The monoisotopic (exact) mass is 467 g/mol. The number of hydrogen-bond donors (Lipinski definition) is 0. The Bertz CT molecular complexity index is 1220. The number of pyridine rings is 1. The Labute approximate surface area is 183 Å². The van der Waals surface area contributed by atoms with Gasteiger partial charge in [0.05, 0.1) is 5.56 Å². The van der Waals surface area contributed by atoms with Gasteiger partial charge in [0, 0.05) is 32.0 Å². The summed E-state index contributed by atoms with van der Waals surface area (Å²) in [5.41, 5.74) is -1.08. The molecule has 3 rings (SSSR count). The minimum absolute atomic E-state index is 0.144. The van der Waals surface area contributed by atoms with E-state index >= 15 is 0 Å². The highest BCUT2D eigenvalue weighted by molar-refractivity contribution is 7.90. The van der Waals surface area contributed by atoms with Crippen LogP contribution in [0.2, 0.25) is 0 Å². The number of alkyl halides is 3. The normalized spacial score (nSPS) is 18.4. The first kappa shape index (κ1) is 23.5. The van der Waals surface area contributed by atoms with Crippen molar-refractivity contribution < 1.29 is 26.4 Å². The molecule has 0 aliphatic carbocycles. The summed E-state index contributed by atoms with van der Waals surface area (Å²) in [5.74, 6) is -1.40. The molecule has 0 spiro atoms. The van der Waals surface area contributed by atoms with E-state index in [1.165, 1.54) is 32.0 Å². The highest BCUT2D eigenvalue weighted by Crippen LogP contribution is 2.39. The molecule has 0 bridgehead atoms. The second kappa shape index (κ2) is 8.07. The number of rotatable bonds is 3. The molecule has 2 aromatic rings. The topological polar surface area (TPSA) is 97.6 Å². The highest BCUT2D eigenvalue weighted by atomic mass is 32.2. The Hall–Kier alpha value is -3.17. The van der Waals surface area contributed by atoms with Crippen LogP contribution in [0.1, 0.15) is 22.4 Å². The van der Waals surface area contributed by atoms with Gasteiger partial charge in [-0.15, -0.1) is 0 Å². The number of benzene rings is 1. The molecule has 1 aromatic heterocycles. The van der Waals surface area contributed by atoms with E-state index in [0.29, 0.717) is 16.1 Å². The van der Waals surface area contributed by atoms with E-state index in [1.807, 2.05) is 13.0 Å². The molecule has 0 N–H and O–H groups in total. The van der Waals surface area contributed by atoms with Crippen LogP contribution in [0.5, 0.6) is 0 Å². The molecule has 1 atom stereocenters. The first-order chi connectivity index (χ1) is 14.8. The van der Waals surface area contributed by atoms with Gasteiger partial charge in [-0.05, 0) is 37.6 Å². The predicted octanol–water partition coefficient (Wildman–Crippen LogP) is 2.62. The minimum Gasteiger partial charge on any atom is -0.314 e. The summed E-state index contributed by atoms with van der Waals surface area (Å²) in [4.78, 5) is 18.5. The Morgan fingerprint density at radius 1 is 1.28 bits per heavy atom. The Morgan fingerprint density at radius 2 is 1.94 bits per heavy atom. The molecule has 0 radical (unpaired) electrons. The zero-order valence-electron chi connectivity index (χ0n) is 17.7. The van der Waals surface area contributed by atoms with Crippen LogP contribution in [0.4, 0.5) is 24.7 Å². The summed E-state index contributed by atoms with van der Waals surface area (Å²) in [7, 11) is -1.77. The van der Waals surface area contributed by atoms with Gasteiger partial charge in [-0.25, -0.2) is 9.29 Å². The van der Waals surface area contributed by atoms with Crippen molar-refractivity contribution in [3.8, 4) is 6.07 Å². The first-order valence-corrected chi connectivity index (χ1v) is 10.8. The van der Waals surface area contributed by atoms with E-state index in [-0.39, 0.29) is 12.2 Å². The maximum atomic E-state index is 13.6. The van der Waals surface area contributed by atoms with Crippen LogP contribution in [0.3, 0.4) is 0 Å². The predicted molar refractivity (Wildman–Crippen MR) is 111 cm³/mol. The van der Waals surface area contributed by atoms with Crippen molar-refractivity contribution in [1.29, 1.82) is 5.26 Å². The molecule has 170 valence electrons. The van der Waals surface area contributed by atoms with Gasteiger partial charge in [0.2, 0.25) is 0 Å². The fraction of sp³-hybridized carbons (Fsp3) is 0.350. The molecule has 0 unspecified atom stereocenters. The third-order valence-electron chi connectivity index (χ3n) is 5.11. The van der Waals surface area contributed by atoms with Crippen molar-refractivity contribution in [2.45, 2.75) is 26.1 Å². The van der Waals surface area contributed by atoms with Crippen LogP contribution < -0.4 is 9.21 Å². The van der Waals surface area contributed by atoms with Gasteiger partial charge in [0.15, 0.2) is 5.82 Å². The van der Waals surface area contributed by atoms with Crippen molar-refractivity contribution >= 4 is 27.6 Å². The van der Waals surface area contributed by atoms with Gasteiger partial charge in [-0.3, -0.25) is 4.79 Å². The zero-order chi connectivity index (χ0) is 24.0. The lowest BCUT2D eigenvalue weighted by atomic mass is 10.1. The van der Waals surface area contributed by atoms with E-state index in [0.717, 1.165) is 9.87 Å². The van der Waals surface area contributed by atoms with Crippen molar-refractivity contribution in [2.24, 2.45) is 0 Å². The number of halogens is 3. The SMILES string of the molecule is Cc1cccc(N(C)C(=O)[C@@H]2CN(C)S(=O)(=O)N2c2nc(C)cc(C(F)(F)F)c2C#N)c1. The van der Waals surface area contributed by atoms with Crippen LogP contribution in [-0.4, -0.2) is 50.3 Å². The third kappa shape index (κ3) is 4.01. The fourth-order valence-corrected chi connectivity index (χ4v) is 4.95. The van der Waals surface area contributed by atoms with Crippen molar-refractivity contribution in [3.05, 3.63) is 52.7 Å². The highest BCUT2D eigenvalue weighted by Gasteiger charge is 2.49. The fourth-order valence-electron chi connectivity index (χ4n) is 3.50. The molecule has 32 heavy (non-hydrogen) atoms. The van der Waals surface area contributed by atoms with Gasteiger partial charge in [-0.2, -0.15) is 31.2 Å². The average Bonchev–Trinajstić information content (AvgIpc) is 2.94. The molecule has 2 heterocycles. The van der Waals surface area contributed by atoms with Crippen LogP contribution in [-0.2, 0) is 21.2 Å². The molecule has 8 nitrogen and oxygen atoms in total. The molecule has 1 amide bonds. The largest absolute Gasteiger partial charge is 0.417 e. The molecular formula is C20H20F3N5O3S. The lowest BCUT2D eigenvalue weighted by Gasteiger charge is -2.28. The van der Waals surface area contributed by atoms with Crippen molar-refractivity contribution in [2.75, 3.05) is 29.8 Å². The summed E-state index contributed by atoms with van der Waals surface area (Å²) in [6.07, 6.45) is -4.92. The minimum atomic E-state index is -4.92. The molecule has 1 aliphatic heterocycles.